The van der Waals surface area contributed by atoms with Gasteiger partial charge < -0.3 is 10.3 Å². The predicted molar refractivity (Wildman–Crippen MR) is 68.5 cm³/mol. The van der Waals surface area contributed by atoms with Gasteiger partial charge in [-0.3, -0.25) is 4.90 Å². The lowest BCUT2D eigenvalue weighted by Gasteiger charge is -2.29. The van der Waals surface area contributed by atoms with Crippen LogP contribution in [-0.2, 0) is 13.1 Å². The minimum absolute atomic E-state index is 0.674. The van der Waals surface area contributed by atoms with Crippen LogP contribution in [0.25, 0.3) is 0 Å². The van der Waals surface area contributed by atoms with Crippen molar-refractivity contribution in [3.8, 4) is 0 Å². The highest BCUT2D eigenvalue weighted by atomic mass is 32.2. The molecule has 4 nitrogen and oxygen atoms in total. The van der Waals surface area contributed by atoms with Crippen LogP contribution in [0.1, 0.15) is 12.6 Å². The van der Waals surface area contributed by atoms with Crippen LogP contribution in [0.15, 0.2) is 12.5 Å². The fraction of sp³-hybridized carbons (Fsp3) is 0.727. The second kappa shape index (κ2) is 5.70. The average Bonchev–Trinajstić information content (AvgIpc) is 2.66. The molecule has 1 aromatic heterocycles. The van der Waals surface area contributed by atoms with Gasteiger partial charge in [0.05, 0.1) is 12.0 Å². The van der Waals surface area contributed by atoms with Gasteiger partial charge in [-0.1, -0.05) is 6.92 Å². The van der Waals surface area contributed by atoms with Crippen LogP contribution >= 0.6 is 11.8 Å². The summed E-state index contributed by atoms with van der Waals surface area (Å²) in [7, 11) is 0. The maximum atomic E-state index is 5.51. The molecule has 1 unspecified atom stereocenters. The summed E-state index contributed by atoms with van der Waals surface area (Å²) in [5, 5.41) is 0.750. The van der Waals surface area contributed by atoms with Gasteiger partial charge in [0.2, 0.25) is 0 Å². The van der Waals surface area contributed by atoms with Crippen LogP contribution in [-0.4, -0.2) is 45.1 Å². The van der Waals surface area contributed by atoms with Gasteiger partial charge in [0.1, 0.15) is 0 Å². The van der Waals surface area contributed by atoms with E-state index in [1.807, 2.05) is 6.33 Å². The van der Waals surface area contributed by atoms with E-state index < -0.39 is 0 Å². The lowest BCUT2D eigenvalue weighted by Crippen LogP contribution is -2.36. The lowest BCUT2D eigenvalue weighted by molar-refractivity contribution is 0.275. The molecule has 0 aromatic carbocycles. The second-order valence-corrected chi connectivity index (χ2v) is 5.85. The molecule has 1 aliphatic rings. The molecule has 0 spiro atoms. The van der Waals surface area contributed by atoms with Crippen LogP contribution in [0.4, 0.5) is 0 Å². The molecule has 0 aliphatic carbocycles. The third-order valence-corrected chi connectivity index (χ3v) is 3.92. The summed E-state index contributed by atoms with van der Waals surface area (Å²) in [6.45, 7) is 7.16. The molecule has 5 heteroatoms. The molecule has 0 radical (unpaired) electrons. The minimum Gasteiger partial charge on any atom is -0.336 e. The monoisotopic (exact) mass is 240 g/mol. The highest BCUT2D eigenvalue weighted by molar-refractivity contribution is 7.99. The topological polar surface area (TPSA) is 47.1 Å². The van der Waals surface area contributed by atoms with Crippen molar-refractivity contribution < 1.29 is 0 Å². The molecule has 2 N–H and O–H groups in total. The third-order valence-electron chi connectivity index (χ3n) is 2.78. The smallest absolute Gasteiger partial charge is 0.0950 e. The number of imidazole rings is 1. The van der Waals surface area contributed by atoms with Crippen LogP contribution in [0.3, 0.4) is 0 Å². The number of hydrogen-bond donors (Lipinski definition) is 1. The zero-order valence-corrected chi connectivity index (χ0v) is 10.6. The lowest BCUT2D eigenvalue weighted by atomic mass is 10.3. The van der Waals surface area contributed by atoms with Crippen LogP contribution in [0, 0.1) is 0 Å². The maximum Gasteiger partial charge on any atom is 0.0950 e. The molecule has 90 valence electrons. The van der Waals surface area contributed by atoms with Gasteiger partial charge in [0, 0.05) is 49.9 Å². The molecule has 1 aromatic rings. The third kappa shape index (κ3) is 3.23. The fourth-order valence-electron chi connectivity index (χ4n) is 2.02. The molecule has 16 heavy (non-hydrogen) atoms. The predicted octanol–water partition coefficient (Wildman–Crippen LogP) is 0.779. The normalized spacial score (nSPS) is 22.5. The maximum absolute atomic E-state index is 5.51. The molecular weight excluding hydrogens is 220 g/mol. The summed E-state index contributed by atoms with van der Waals surface area (Å²) in [6.07, 6.45) is 3.99. The van der Waals surface area contributed by atoms with Crippen molar-refractivity contribution in [3.63, 3.8) is 0 Å². The van der Waals surface area contributed by atoms with Crippen molar-refractivity contribution in [3.05, 3.63) is 18.2 Å². The number of nitrogens with two attached hydrogens (primary N) is 1. The van der Waals surface area contributed by atoms with E-state index in [1.165, 1.54) is 18.8 Å². The zero-order chi connectivity index (χ0) is 11.4. The average molecular weight is 240 g/mol. The van der Waals surface area contributed by atoms with E-state index in [0.717, 1.165) is 24.0 Å². The Labute approximate surface area is 101 Å². The highest BCUT2D eigenvalue weighted by Crippen LogP contribution is 2.18. The molecule has 1 aliphatic heterocycles. The molecule has 1 atom stereocenters. The van der Waals surface area contributed by atoms with Crippen molar-refractivity contribution in [2.45, 2.75) is 25.3 Å². The molecule has 0 bridgehead atoms. The van der Waals surface area contributed by atoms with Crippen molar-refractivity contribution in [2.75, 3.05) is 25.4 Å². The Morgan fingerprint density at radius 2 is 2.50 bits per heavy atom. The van der Waals surface area contributed by atoms with E-state index in [4.69, 9.17) is 5.73 Å². The number of hydrogen-bond acceptors (Lipinski definition) is 4. The van der Waals surface area contributed by atoms with Crippen LogP contribution < -0.4 is 5.73 Å². The Kier molecular flexibility index (Phi) is 4.26. The van der Waals surface area contributed by atoms with Crippen molar-refractivity contribution in [1.29, 1.82) is 0 Å². The van der Waals surface area contributed by atoms with Crippen LogP contribution in [0.2, 0.25) is 0 Å². The molecule has 0 amide bonds. The Balaban J connectivity index is 1.87. The summed E-state index contributed by atoms with van der Waals surface area (Å²) in [4.78, 5) is 6.90. The first kappa shape index (κ1) is 12.0. The van der Waals surface area contributed by atoms with Gasteiger partial charge in [-0.25, -0.2) is 4.98 Å². The Morgan fingerprint density at radius 3 is 3.25 bits per heavy atom. The van der Waals surface area contributed by atoms with Crippen LogP contribution in [0.5, 0.6) is 0 Å². The van der Waals surface area contributed by atoms with Gasteiger partial charge in [0.25, 0.3) is 0 Å². The molecular formula is C11H20N4S. The summed E-state index contributed by atoms with van der Waals surface area (Å²) < 4.78 is 2.07. The highest BCUT2D eigenvalue weighted by Gasteiger charge is 2.17. The van der Waals surface area contributed by atoms with Crippen molar-refractivity contribution >= 4 is 11.8 Å². The van der Waals surface area contributed by atoms with Crippen molar-refractivity contribution in [2.24, 2.45) is 5.73 Å². The number of rotatable bonds is 4. The van der Waals surface area contributed by atoms with E-state index >= 15 is 0 Å². The fourth-order valence-corrected chi connectivity index (χ4v) is 3.10. The molecule has 2 rings (SSSR count). The van der Waals surface area contributed by atoms with E-state index in [1.54, 1.807) is 0 Å². The van der Waals surface area contributed by atoms with Gasteiger partial charge in [-0.15, -0.1) is 0 Å². The molecule has 2 heterocycles. The van der Waals surface area contributed by atoms with Gasteiger partial charge in [-0.05, 0) is 0 Å². The summed E-state index contributed by atoms with van der Waals surface area (Å²) >= 11 is 2.06. The molecule has 1 saturated heterocycles. The summed E-state index contributed by atoms with van der Waals surface area (Å²) in [5.41, 5.74) is 6.67. The SMILES string of the molecule is CC1CN(Cc2cn(CCN)cn2)CCS1. The van der Waals surface area contributed by atoms with Crippen molar-refractivity contribution in [1.82, 2.24) is 14.5 Å². The second-order valence-electron chi connectivity index (χ2n) is 4.31. The Hall–Kier alpha value is -0.520. The first-order chi connectivity index (χ1) is 7.78. The number of aromatic nitrogens is 2. The van der Waals surface area contributed by atoms with E-state index in [0.29, 0.717) is 6.54 Å². The van der Waals surface area contributed by atoms with Gasteiger partial charge >= 0.3 is 0 Å². The number of thioether (sulfide) groups is 1. The van der Waals surface area contributed by atoms with E-state index in [2.05, 4.69) is 39.3 Å². The molecule has 0 saturated carbocycles. The minimum atomic E-state index is 0.674. The first-order valence-corrected chi connectivity index (χ1v) is 6.87. The molecule has 1 fully saturated rings. The first-order valence-electron chi connectivity index (χ1n) is 5.82. The van der Waals surface area contributed by atoms with Gasteiger partial charge in [-0.2, -0.15) is 11.8 Å². The Morgan fingerprint density at radius 1 is 1.62 bits per heavy atom. The number of nitrogens with zero attached hydrogens (tertiary/aromatic N) is 3. The summed E-state index contributed by atoms with van der Waals surface area (Å²) in [5.74, 6) is 1.24. The van der Waals surface area contributed by atoms with E-state index in [9.17, 15) is 0 Å². The summed E-state index contributed by atoms with van der Waals surface area (Å²) in [6, 6.07) is 0. The zero-order valence-electron chi connectivity index (χ0n) is 9.80. The van der Waals surface area contributed by atoms with E-state index in [-0.39, 0.29) is 0 Å². The quantitative estimate of drug-likeness (QED) is 0.845. The largest absolute Gasteiger partial charge is 0.336 e. The van der Waals surface area contributed by atoms with Gasteiger partial charge in [0.15, 0.2) is 0 Å². The standard InChI is InChI=1S/C11H20N4S/c1-10-6-14(4-5-16-10)7-11-8-15(3-2-12)9-13-11/h8-10H,2-7,12H2,1H3. The Bertz CT molecular complexity index is 326.